The van der Waals surface area contributed by atoms with E-state index in [1.807, 2.05) is 23.1 Å². The molecule has 0 radical (unpaired) electrons. The van der Waals surface area contributed by atoms with Gasteiger partial charge in [-0.2, -0.15) is 5.10 Å². The summed E-state index contributed by atoms with van der Waals surface area (Å²) in [6.45, 7) is 4.87. The molecule has 1 aliphatic rings. The van der Waals surface area contributed by atoms with Crippen LogP contribution in [0.4, 0.5) is 0 Å². The molecule has 146 valence electrons. The normalized spacial score (nSPS) is 18.3. The van der Waals surface area contributed by atoms with Crippen LogP contribution < -0.4 is 4.74 Å². The Bertz CT molecular complexity index is 879. The molecule has 1 aromatic heterocycles. The van der Waals surface area contributed by atoms with E-state index >= 15 is 0 Å². The molecule has 1 fully saturated rings. The molecule has 0 aliphatic carbocycles. The molecular formula is C23H28N4O. The molecule has 2 heterocycles. The van der Waals surface area contributed by atoms with Gasteiger partial charge in [0.05, 0.1) is 13.7 Å². The van der Waals surface area contributed by atoms with Gasteiger partial charge in [-0.3, -0.25) is 9.58 Å². The number of rotatable bonds is 6. The molecular weight excluding hydrogens is 348 g/mol. The van der Waals surface area contributed by atoms with Gasteiger partial charge in [-0.25, -0.2) is 0 Å². The highest BCUT2D eigenvalue weighted by atomic mass is 16.5. The first-order valence-electron chi connectivity index (χ1n) is 9.83. The standard InChI is InChI=1S/C23H28N4O/c1-25-13-14-26(22(18-25)20-7-4-3-5-8-20)16-19-9-10-23(28-2)21(15-19)17-27-12-6-11-24-27/h3-12,15,22H,13-14,16-18H2,1-2H3. The molecule has 28 heavy (non-hydrogen) atoms. The molecule has 5 nitrogen and oxygen atoms in total. The maximum absolute atomic E-state index is 5.58. The molecule has 2 aromatic carbocycles. The van der Waals surface area contributed by atoms with E-state index < -0.39 is 0 Å². The summed E-state index contributed by atoms with van der Waals surface area (Å²) in [6.07, 6.45) is 3.79. The van der Waals surface area contributed by atoms with Crippen LogP contribution in [-0.2, 0) is 13.1 Å². The second kappa shape index (κ2) is 8.59. The highest BCUT2D eigenvalue weighted by Crippen LogP contribution is 2.28. The van der Waals surface area contributed by atoms with Gasteiger partial charge < -0.3 is 9.64 Å². The minimum Gasteiger partial charge on any atom is -0.496 e. The zero-order chi connectivity index (χ0) is 19.3. The third-order valence-electron chi connectivity index (χ3n) is 5.50. The fourth-order valence-corrected chi connectivity index (χ4v) is 3.99. The summed E-state index contributed by atoms with van der Waals surface area (Å²) in [4.78, 5) is 5.01. The Morgan fingerprint density at radius 3 is 2.64 bits per heavy atom. The van der Waals surface area contributed by atoms with Gasteiger partial charge in [0, 0.05) is 50.2 Å². The van der Waals surface area contributed by atoms with Crippen LogP contribution in [0.2, 0.25) is 0 Å². The van der Waals surface area contributed by atoms with Crippen molar-refractivity contribution in [3.05, 3.63) is 83.7 Å². The van der Waals surface area contributed by atoms with Gasteiger partial charge in [0.1, 0.15) is 5.75 Å². The lowest BCUT2D eigenvalue weighted by Gasteiger charge is -2.40. The van der Waals surface area contributed by atoms with Gasteiger partial charge in [-0.1, -0.05) is 36.4 Å². The quantitative estimate of drug-likeness (QED) is 0.660. The van der Waals surface area contributed by atoms with Crippen molar-refractivity contribution in [1.82, 2.24) is 19.6 Å². The third kappa shape index (κ3) is 4.26. The predicted molar refractivity (Wildman–Crippen MR) is 111 cm³/mol. The Labute approximate surface area is 167 Å². The minimum absolute atomic E-state index is 0.414. The molecule has 4 rings (SSSR count). The molecule has 0 amide bonds. The van der Waals surface area contributed by atoms with Gasteiger partial charge in [0.15, 0.2) is 0 Å². The number of piperazine rings is 1. The molecule has 0 spiro atoms. The van der Waals surface area contributed by atoms with Crippen LogP contribution in [0, 0.1) is 0 Å². The first-order valence-corrected chi connectivity index (χ1v) is 9.83. The van der Waals surface area contributed by atoms with Crippen LogP contribution >= 0.6 is 0 Å². The molecule has 0 bridgehead atoms. The molecule has 1 unspecified atom stereocenters. The predicted octanol–water partition coefficient (Wildman–Crippen LogP) is 3.43. The first kappa shape index (κ1) is 18.7. The van der Waals surface area contributed by atoms with E-state index in [-0.39, 0.29) is 0 Å². The van der Waals surface area contributed by atoms with Crippen molar-refractivity contribution < 1.29 is 4.74 Å². The minimum atomic E-state index is 0.414. The average molecular weight is 377 g/mol. The summed E-state index contributed by atoms with van der Waals surface area (Å²) in [5.74, 6) is 0.914. The van der Waals surface area contributed by atoms with Crippen LogP contribution in [0.25, 0.3) is 0 Å². The van der Waals surface area contributed by atoms with Gasteiger partial charge in [0.2, 0.25) is 0 Å². The number of nitrogens with zero attached hydrogens (tertiary/aromatic N) is 4. The highest BCUT2D eigenvalue weighted by molar-refractivity contribution is 5.37. The fourth-order valence-electron chi connectivity index (χ4n) is 3.99. The smallest absolute Gasteiger partial charge is 0.123 e. The maximum Gasteiger partial charge on any atom is 0.123 e. The number of aromatic nitrogens is 2. The summed E-state index contributed by atoms with van der Waals surface area (Å²) in [7, 11) is 3.94. The Hall–Kier alpha value is -2.63. The zero-order valence-electron chi connectivity index (χ0n) is 16.7. The molecule has 1 saturated heterocycles. The Balaban J connectivity index is 1.56. The second-order valence-corrected chi connectivity index (χ2v) is 7.51. The summed E-state index contributed by atoms with van der Waals surface area (Å²) < 4.78 is 7.52. The Morgan fingerprint density at radius 1 is 1.04 bits per heavy atom. The van der Waals surface area contributed by atoms with Gasteiger partial charge in [-0.15, -0.1) is 0 Å². The Kier molecular flexibility index (Phi) is 5.74. The Morgan fingerprint density at radius 2 is 1.89 bits per heavy atom. The first-order chi connectivity index (χ1) is 13.7. The summed E-state index contributed by atoms with van der Waals surface area (Å²) in [5.41, 5.74) is 3.86. The van der Waals surface area contributed by atoms with Crippen molar-refractivity contribution in [2.75, 3.05) is 33.8 Å². The molecule has 1 atom stereocenters. The van der Waals surface area contributed by atoms with E-state index in [0.29, 0.717) is 6.04 Å². The molecule has 1 aliphatic heterocycles. The van der Waals surface area contributed by atoms with E-state index in [2.05, 4.69) is 70.5 Å². The highest BCUT2D eigenvalue weighted by Gasteiger charge is 2.26. The van der Waals surface area contributed by atoms with E-state index in [0.717, 1.165) is 44.0 Å². The van der Waals surface area contributed by atoms with Crippen molar-refractivity contribution in [2.24, 2.45) is 0 Å². The molecule has 3 aromatic rings. The summed E-state index contributed by atoms with van der Waals surface area (Å²) in [5, 5.41) is 4.34. The topological polar surface area (TPSA) is 33.5 Å². The average Bonchev–Trinajstić information content (AvgIpc) is 3.23. The third-order valence-corrected chi connectivity index (χ3v) is 5.50. The zero-order valence-corrected chi connectivity index (χ0v) is 16.7. The van der Waals surface area contributed by atoms with E-state index in [1.54, 1.807) is 7.11 Å². The summed E-state index contributed by atoms with van der Waals surface area (Å²) >= 11 is 0. The van der Waals surface area contributed by atoms with Crippen molar-refractivity contribution >= 4 is 0 Å². The van der Waals surface area contributed by atoms with Gasteiger partial charge in [-0.05, 0) is 36.4 Å². The van der Waals surface area contributed by atoms with Crippen LogP contribution in [0.5, 0.6) is 5.75 Å². The van der Waals surface area contributed by atoms with Crippen molar-refractivity contribution in [2.45, 2.75) is 19.1 Å². The van der Waals surface area contributed by atoms with Crippen molar-refractivity contribution in [1.29, 1.82) is 0 Å². The monoisotopic (exact) mass is 376 g/mol. The van der Waals surface area contributed by atoms with E-state index in [9.17, 15) is 0 Å². The summed E-state index contributed by atoms with van der Waals surface area (Å²) in [6, 6.07) is 19.7. The SMILES string of the molecule is COc1ccc(CN2CCN(C)CC2c2ccccc2)cc1Cn1cccn1. The largest absolute Gasteiger partial charge is 0.496 e. The number of hydrogen-bond donors (Lipinski definition) is 0. The lowest BCUT2D eigenvalue weighted by Crippen LogP contribution is -2.46. The molecule has 0 N–H and O–H groups in total. The number of likely N-dealkylation sites (N-methyl/N-ethyl adjacent to an activating group) is 1. The number of methoxy groups -OCH3 is 1. The van der Waals surface area contributed by atoms with Crippen LogP contribution in [0.1, 0.15) is 22.7 Å². The molecule has 5 heteroatoms. The number of hydrogen-bond acceptors (Lipinski definition) is 4. The van der Waals surface area contributed by atoms with Crippen LogP contribution in [0.15, 0.2) is 67.0 Å². The van der Waals surface area contributed by atoms with Gasteiger partial charge >= 0.3 is 0 Å². The van der Waals surface area contributed by atoms with Crippen LogP contribution in [-0.4, -0.2) is 53.4 Å². The number of ether oxygens (including phenoxy) is 1. The lowest BCUT2D eigenvalue weighted by molar-refractivity contribution is 0.0833. The van der Waals surface area contributed by atoms with Gasteiger partial charge in [0.25, 0.3) is 0 Å². The van der Waals surface area contributed by atoms with E-state index in [1.165, 1.54) is 11.1 Å². The maximum atomic E-state index is 5.58. The second-order valence-electron chi connectivity index (χ2n) is 7.51. The van der Waals surface area contributed by atoms with Crippen LogP contribution in [0.3, 0.4) is 0 Å². The lowest BCUT2D eigenvalue weighted by atomic mass is 10.0. The fraction of sp³-hybridized carbons (Fsp3) is 0.348. The van der Waals surface area contributed by atoms with Crippen molar-refractivity contribution in [3.63, 3.8) is 0 Å². The van der Waals surface area contributed by atoms with E-state index in [4.69, 9.17) is 4.74 Å². The number of benzene rings is 2. The van der Waals surface area contributed by atoms with Crippen molar-refractivity contribution in [3.8, 4) is 5.75 Å². The molecule has 0 saturated carbocycles.